The van der Waals surface area contributed by atoms with Gasteiger partial charge < -0.3 is 24.9 Å². The average Bonchev–Trinajstić information content (AvgIpc) is 3.05. The Kier molecular flexibility index (Phi) is 5.54. The molecule has 0 aliphatic heterocycles. The zero-order valence-corrected chi connectivity index (χ0v) is 16.8. The minimum absolute atomic E-state index is 0.0985. The van der Waals surface area contributed by atoms with E-state index in [4.69, 9.17) is 15.6 Å². The molecule has 0 fully saturated rings. The number of rotatable bonds is 7. The van der Waals surface area contributed by atoms with Crippen LogP contribution in [0.3, 0.4) is 0 Å². The Morgan fingerprint density at radius 2 is 1.82 bits per heavy atom. The predicted octanol–water partition coefficient (Wildman–Crippen LogP) is 3.70. The summed E-state index contributed by atoms with van der Waals surface area (Å²) in [7, 11) is 0. The lowest BCUT2D eigenvalue weighted by Gasteiger charge is -2.12. The number of ether oxygens (including phenoxy) is 2. The van der Waals surface area contributed by atoms with Crippen LogP contribution in [0.5, 0.6) is 11.5 Å². The molecule has 2 aromatic heterocycles. The van der Waals surface area contributed by atoms with Crippen molar-refractivity contribution in [2.75, 3.05) is 6.61 Å². The van der Waals surface area contributed by atoms with Gasteiger partial charge in [-0.3, -0.25) is 9.78 Å². The average molecular weight is 459 g/mol. The number of halogens is 3. The molecule has 4 rings (SSSR count). The van der Waals surface area contributed by atoms with E-state index in [1.807, 2.05) is 0 Å². The number of benzene rings is 2. The number of fused-ring (bicyclic) bond motifs is 3. The fraction of sp³-hybridized carbons (Fsp3) is 0.136. The summed E-state index contributed by atoms with van der Waals surface area (Å²) in [6.07, 6.45) is -2.02. The van der Waals surface area contributed by atoms with Crippen LogP contribution in [0.2, 0.25) is 0 Å². The summed E-state index contributed by atoms with van der Waals surface area (Å²) in [5.41, 5.74) is 7.24. The van der Waals surface area contributed by atoms with Crippen LogP contribution in [-0.4, -0.2) is 39.5 Å². The highest BCUT2D eigenvalue weighted by Crippen LogP contribution is 2.37. The second-order valence-corrected chi connectivity index (χ2v) is 7.06. The summed E-state index contributed by atoms with van der Waals surface area (Å²) >= 11 is 0. The molecule has 4 aromatic rings. The summed E-state index contributed by atoms with van der Waals surface area (Å²) in [6, 6.07) is 10.3. The van der Waals surface area contributed by atoms with E-state index in [2.05, 4.69) is 9.72 Å². The monoisotopic (exact) mass is 459 g/mol. The number of hydrogen-bond acceptors (Lipinski definition) is 5. The molecule has 2 aromatic carbocycles. The Labute approximate surface area is 183 Å². The normalized spacial score (nSPS) is 11.6. The number of amides is 1. The number of hydrogen-bond donors (Lipinski definition) is 2. The third-order valence-electron chi connectivity index (χ3n) is 4.85. The maximum absolute atomic E-state index is 12.6. The summed E-state index contributed by atoms with van der Waals surface area (Å²) in [4.78, 5) is 27.2. The smallest absolute Gasteiger partial charge is 0.480 e. The molecule has 3 N–H and O–H groups in total. The van der Waals surface area contributed by atoms with E-state index < -0.39 is 24.8 Å². The van der Waals surface area contributed by atoms with Gasteiger partial charge in [-0.05, 0) is 29.8 Å². The Balaban J connectivity index is 1.91. The van der Waals surface area contributed by atoms with Gasteiger partial charge in [-0.15, -0.1) is 13.2 Å². The van der Waals surface area contributed by atoms with Crippen molar-refractivity contribution < 1.29 is 37.3 Å². The van der Waals surface area contributed by atoms with Crippen molar-refractivity contribution in [2.24, 2.45) is 5.73 Å². The first kappa shape index (κ1) is 21.9. The number of carboxylic acid groups (broad SMARTS) is 1. The van der Waals surface area contributed by atoms with Gasteiger partial charge in [0.1, 0.15) is 11.5 Å². The second-order valence-electron chi connectivity index (χ2n) is 7.06. The SMILES string of the molecule is NC(=O)c1cccc2c1c1c(OCC(=O)O)cncc1n2Cc1cccc(OC(F)(F)F)c1. The Morgan fingerprint density at radius 3 is 2.52 bits per heavy atom. The number of alkyl halides is 3. The van der Waals surface area contributed by atoms with Crippen LogP contribution in [-0.2, 0) is 11.3 Å². The number of aliphatic carboxylic acids is 1. The highest BCUT2D eigenvalue weighted by atomic mass is 19.4. The number of carbonyl (C=O) groups is 2. The van der Waals surface area contributed by atoms with Crippen LogP contribution in [0, 0.1) is 0 Å². The van der Waals surface area contributed by atoms with E-state index in [1.54, 1.807) is 22.8 Å². The van der Waals surface area contributed by atoms with Crippen LogP contribution < -0.4 is 15.2 Å². The summed E-state index contributed by atoms with van der Waals surface area (Å²) < 4.78 is 49.0. The molecule has 0 bridgehead atoms. The lowest BCUT2D eigenvalue weighted by molar-refractivity contribution is -0.274. The second kappa shape index (κ2) is 8.34. The maximum Gasteiger partial charge on any atom is 0.573 e. The molecule has 8 nitrogen and oxygen atoms in total. The van der Waals surface area contributed by atoms with Gasteiger partial charge in [0.05, 0.1) is 28.8 Å². The first-order valence-corrected chi connectivity index (χ1v) is 9.52. The van der Waals surface area contributed by atoms with E-state index in [1.165, 1.54) is 36.7 Å². The molecule has 11 heteroatoms. The lowest BCUT2D eigenvalue weighted by Crippen LogP contribution is -2.17. The Hall–Kier alpha value is -4.28. The number of aromatic nitrogens is 2. The van der Waals surface area contributed by atoms with Gasteiger partial charge in [-0.25, -0.2) is 4.79 Å². The van der Waals surface area contributed by atoms with Gasteiger partial charge in [0.2, 0.25) is 5.91 Å². The van der Waals surface area contributed by atoms with E-state index >= 15 is 0 Å². The van der Waals surface area contributed by atoms with Crippen molar-refractivity contribution in [3.05, 3.63) is 66.0 Å². The van der Waals surface area contributed by atoms with Crippen LogP contribution in [0.1, 0.15) is 15.9 Å². The van der Waals surface area contributed by atoms with E-state index in [9.17, 15) is 22.8 Å². The van der Waals surface area contributed by atoms with Gasteiger partial charge in [0.25, 0.3) is 0 Å². The molecule has 0 radical (unpaired) electrons. The Morgan fingerprint density at radius 1 is 1.06 bits per heavy atom. The fourth-order valence-electron chi connectivity index (χ4n) is 3.69. The molecule has 0 unspecified atom stereocenters. The number of carbonyl (C=O) groups excluding carboxylic acids is 1. The van der Waals surface area contributed by atoms with Crippen molar-refractivity contribution in [1.82, 2.24) is 9.55 Å². The van der Waals surface area contributed by atoms with Gasteiger partial charge >= 0.3 is 12.3 Å². The number of pyridine rings is 1. The predicted molar refractivity (Wildman–Crippen MR) is 111 cm³/mol. The summed E-state index contributed by atoms with van der Waals surface area (Å²) in [5.74, 6) is -2.16. The van der Waals surface area contributed by atoms with Crippen LogP contribution in [0.4, 0.5) is 13.2 Å². The van der Waals surface area contributed by atoms with Gasteiger partial charge in [0, 0.05) is 17.5 Å². The molecule has 1 amide bonds. The van der Waals surface area contributed by atoms with Crippen molar-refractivity contribution in [3.8, 4) is 11.5 Å². The number of carboxylic acids is 1. The molecule has 0 spiro atoms. The van der Waals surface area contributed by atoms with Crippen LogP contribution in [0.25, 0.3) is 21.8 Å². The molecule has 2 heterocycles. The van der Waals surface area contributed by atoms with E-state index in [-0.39, 0.29) is 23.6 Å². The third kappa shape index (κ3) is 4.52. The van der Waals surface area contributed by atoms with Crippen LogP contribution in [0.15, 0.2) is 54.9 Å². The van der Waals surface area contributed by atoms with Crippen LogP contribution >= 0.6 is 0 Å². The van der Waals surface area contributed by atoms with E-state index in [0.717, 1.165) is 0 Å². The highest BCUT2D eigenvalue weighted by Gasteiger charge is 2.31. The zero-order valence-electron chi connectivity index (χ0n) is 16.8. The minimum Gasteiger partial charge on any atom is -0.480 e. The minimum atomic E-state index is -4.83. The highest BCUT2D eigenvalue weighted by molar-refractivity contribution is 6.19. The lowest BCUT2D eigenvalue weighted by atomic mass is 10.1. The zero-order chi connectivity index (χ0) is 23.8. The molecule has 33 heavy (non-hydrogen) atoms. The number of primary amides is 1. The topological polar surface area (TPSA) is 117 Å². The summed E-state index contributed by atoms with van der Waals surface area (Å²) in [6.45, 7) is -0.537. The standard InChI is InChI=1S/C22H16F3N3O5/c23-22(24,25)33-13-4-1-3-12(7-13)10-28-15-6-2-5-14(21(26)31)19(15)20-16(28)8-27-9-17(20)32-11-18(29)30/h1-9H,10-11H2,(H2,26,31)(H,29,30). The third-order valence-corrected chi connectivity index (χ3v) is 4.85. The van der Waals surface area contributed by atoms with Crippen molar-refractivity contribution in [2.45, 2.75) is 12.9 Å². The molecule has 0 aliphatic carbocycles. The largest absolute Gasteiger partial charge is 0.573 e. The molecular weight excluding hydrogens is 443 g/mol. The van der Waals surface area contributed by atoms with E-state index in [0.29, 0.717) is 27.4 Å². The number of nitrogens with two attached hydrogens (primary N) is 1. The maximum atomic E-state index is 12.6. The summed E-state index contributed by atoms with van der Waals surface area (Å²) in [5, 5.41) is 9.83. The molecule has 0 atom stereocenters. The van der Waals surface area contributed by atoms with Crippen molar-refractivity contribution in [3.63, 3.8) is 0 Å². The Bertz CT molecular complexity index is 1380. The first-order chi connectivity index (χ1) is 15.6. The molecule has 0 saturated carbocycles. The molecule has 170 valence electrons. The van der Waals surface area contributed by atoms with Gasteiger partial charge in [0.15, 0.2) is 6.61 Å². The first-order valence-electron chi connectivity index (χ1n) is 9.52. The molecule has 0 aliphatic rings. The van der Waals surface area contributed by atoms with Gasteiger partial charge in [-0.1, -0.05) is 18.2 Å². The number of nitrogens with zero attached hydrogens (tertiary/aromatic N) is 2. The fourth-order valence-corrected chi connectivity index (χ4v) is 3.69. The van der Waals surface area contributed by atoms with Crippen molar-refractivity contribution >= 4 is 33.7 Å². The molecular formula is C22H16F3N3O5. The molecule has 0 saturated heterocycles. The quantitative estimate of drug-likeness (QED) is 0.435. The van der Waals surface area contributed by atoms with Gasteiger partial charge in [-0.2, -0.15) is 0 Å². The van der Waals surface area contributed by atoms with Crippen molar-refractivity contribution in [1.29, 1.82) is 0 Å².